The maximum Gasteiger partial charge on any atom is 0.530 e. The van der Waals surface area contributed by atoms with E-state index < -0.39 is 44.4 Å². The topological polar surface area (TPSA) is 159 Å². The van der Waals surface area contributed by atoms with E-state index in [1.54, 1.807) is 12.1 Å². The van der Waals surface area contributed by atoms with Gasteiger partial charge in [-0.1, -0.05) is 24.4 Å². The Morgan fingerprint density at radius 2 is 2.27 bits per heavy atom. The third kappa shape index (κ3) is 4.26. The molecule has 0 aliphatic carbocycles. The van der Waals surface area contributed by atoms with E-state index >= 15 is 4.39 Å². The zero-order valence-electron chi connectivity index (χ0n) is 17.8. The predicted octanol–water partition coefficient (Wildman–Crippen LogP) is 1.38. The smallest absolute Gasteiger partial charge is 0.493 e. The number of fused-ring (bicyclic) bond motifs is 1. The minimum absolute atomic E-state index is 0.0442. The Morgan fingerprint density at radius 1 is 1.52 bits per heavy atom. The Morgan fingerprint density at radius 3 is 2.97 bits per heavy atom. The second-order valence-electron chi connectivity index (χ2n) is 6.98. The summed E-state index contributed by atoms with van der Waals surface area (Å²) in [5, 5.41) is 20.7. The zero-order chi connectivity index (χ0) is 24.9. The molecule has 2 aromatic rings. The molecule has 33 heavy (non-hydrogen) atoms. The quantitative estimate of drug-likeness (QED) is 0.296. The van der Waals surface area contributed by atoms with Crippen LogP contribution >= 0.6 is 20.0 Å². The number of para-hydroxylation sites is 1. The molecule has 12 nitrogen and oxygen atoms in total. The van der Waals surface area contributed by atoms with E-state index in [2.05, 4.69) is 4.98 Å². The van der Waals surface area contributed by atoms with E-state index in [4.69, 9.17) is 36.6 Å². The number of H-pyrrole nitrogens is 1. The summed E-state index contributed by atoms with van der Waals surface area (Å²) in [7, 11) is -3.11. The van der Waals surface area contributed by atoms with Crippen molar-refractivity contribution in [1.82, 2.24) is 9.55 Å². The maximum absolute atomic E-state index is 15.5. The van der Waals surface area contributed by atoms with Gasteiger partial charge in [-0.2, -0.15) is 0 Å². The Labute approximate surface area is 191 Å². The first-order chi connectivity index (χ1) is 16.0. The van der Waals surface area contributed by atoms with Crippen molar-refractivity contribution < 1.29 is 48.4 Å². The van der Waals surface area contributed by atoms with Crippen molar-refractivity contribution in [1.29, 1.82) is 0 Å². The highest BCUT2D eigenvalue weighted by atomic mass is 32.1. The van der Waals surface area contributed by atoms with Crippen LogP contribution in [0.5, 0.6) is 11.5 Å². The summed E-state index contributed by atoms with van der Waals surface area (Å²) >= 11 is 4.80. The van der Waals surface area contributed by atoms with Gasteiger partial charge in [-0.15, -0.1) is 0 Å². The Bertz CT molecular complexity index is 1290. The highest BCUT2D eigenvalue weighted by Gasteiger charge is 2.57. The van der Waals surface area contributed by atoms with Gasteiger partial charge >= 0.3 is 13.5 Å². The van der Waals surface area contributed by atoms with E-state index in [-0.39, 0.29) is 34.6 Å². The number of rotatable bonds is 6. The van der Waals surface area contributed by atoms with Crippen LogP contribution in [-0.4, -0.2) is 57.8 Å². The summed E-state index contributed by atoms with van der Waals surface area (Å²) < 4.78 is 62.3. The average Bonchev–Trinajstić information content (AvgIpc) is 2.98. The minimum Gasteiger partial charge on any atom is -0.493 e. The van der Waals surface area contributed by atoms with Crippen molar-refractivity contribution >= 4 is 26.3 Å². The van der Waals surface area contributed by atoms with Crippen LogP contribution in [0.1, 0.15) is 23.5 Å². The number of phosphoric acid groups is 1. The minimum atomic E-state index is -4.46. The lowest BCUT2D eigenvalue weighted by molar-refractivity contribution is -0.205. The number of aromatic amines is 1. The average molecular weight is 505 g/mol. The van der Waals surface area contributed by atoms with Crippen molar-refractivity contribution in [2.45, 2.75) is 30.9 Å². The molecule has 1 fully saturated rings. The molecule has 1 unspecified atom stereocenters. The van der Waals surface area contributed by atoms with Gasteiger partial charge in [0.15, 0.2) is 24.0 Å². The first kappa shape index (κ1) is 22.3. The molecule has 0 radical (unpaired) electrons. The number of phosphoric ester groups is 1. The molecule has 0 spiro atoms. The normalized spacial score (nSPS) is 33.6. The van der Waals surface area contributed by atoms with Gasteiger partial charge in [-0.25, -0.2) is 13.8 Å². The van der Waals surface area contributed by atoms with Crippen molar-refractivity contribution in [2.75, 3.05) is 13.7 Å². The highest BCUT2D eigenvalue weighted by Crippen LogP contribution is 2.57. The van der Waals surface area contributed by atoms with Crippen molar-refractivity contribution in [3.63, 3.8) is 0 Å². The van der Waals surface area contributed by atoms with E-state index in [9.17, 15) is 24.4 Å². The van der Waals surface area contributed by atoms with Gasteiger partial charge in [0.05, 0.1) is 20.7 Å². The number of aromatic nitrogens is 2. The summed E-state index contributed by atoms with van der Waals surface area (Å²) in [5.74, 6) is -3.09. The van der Waals surface area contributed by atoms with E-state index in [1.807, 2.05) is 0 Å². The molecule has 178 valence electrons. The molecule has 1 aromatic heterocycles. The third-order valence-electron chi connectivity index (χ3n) is 4.88. The van der Waals surface area contributed by atoms with E-state index in [0.717, 1.165) is 6.20 Å². The van der Waals surface area contributed by atoms with Gasteiger partial charge in [0.1, 0.15) is 23.5 Å². The van der Waals surface area contributed by atoms with Crippen LogP contribution in [0.15, 0.2) is 29.2 Å². The van der Waals surface area contributed by atoms with Gasteiger partial charge in [-0.3, -0.25) is 23.4 Å². The number of nitrogens with one attached hydrogen (secondary N) is 1. The lowest BCUT2D eigenvalue weighted by atomic mass is 10.1. The van der Waals surface area contributed by atoms with Crippen LogP contribution < -0.4 is 15.0 Å². The predicted molar refractivity (Wildman–Crippen MR) is 109 cm³/mol. The summed E-state index contributed by atoms with van der Waals surface area (Å²) in [6, 6.07) is 4.78. The van der Waals surface area contributed by atoms with Crippen LogP contribution in [0.3, 0.4) is 0 Å². The molecular weight excluding hydrogens is 486 g/mol. The third-order valence-corrected chi connectivity index (χ3v) is 6.52. The Balaban J connectivity index is 1.59. The molecule has 4 rings (SSSR count). The molecular formula is C18H18FN2O10PS. The molecule has 3 N–H and O–H groups in total. The number of carbonyl (C=O) groups is 1. The zero-order valence-corrected chi connectivity index (χ0v) is 18.5. The first-order valence-electron chi connectivity index (χ1n) is 9.78. The summed E-state index contributed by atoms with van der Waals surface area (Å²) in [4.78, 5) is 25.5. The van der Waals surface area contributed by atoms with Crippen LogP contribution in [0.4, 0.5) is 4.39 Å². The number of carbonyl (C=O) groups excluding carboxylic acids is 1. The largest absolute Gasteiger partial charge is 0.530 e. The molecule has 3 heterocycles. The number of aliphatic hydroxyl groups excluding tert-OH is 2. The molecule has 0 amide bonds. The highest BCUT2D eigenvalue weighted by molar-refractivity contribution is 7.71. The number of hydrogen-bond acceptors (Lipinski definition) is 11. The van der Waals surface area contributed by atoms with Crippen molar-refractivity contribution in [3.05, 3.63) is 50.6 Å². The number of halogens is 1. The Hall–Kier alpha value is -2.45. The molecule has 1 aromatic carbocycles. The molecule has 5 atom stereocenters. The Kier molecular flexibility index (Phi) is 5.91. The second-order valence-corrected chi connectivity index (χ2v) is 8.98. The van der Waals surface area contributed by atoms with E-state index in [1.165, 1.54) is 13.2 Å². The van der Waals surface area contributed by atoms with Crippen molar-refractivity contribution in [3.8, 4) is 11.5 Å². The summed E-state index contributed by atoms with van der Waals surface area (Å²) in [5.41, 5.74) is -0.911. The number of aldehydes is 1. The van der Waals surface area contributed by atoms with Gasteiger partial charge < -0.3 is 24.2 Å². The second kappa shape index (κ2) is 8.72. The first-order valence-corrected chi connectivity index (χ1v) is 11.1. The van der Waals surface area contributed by atoms with Crippen LogP contribution in [0, 0.1) is 4.64 Å². The lowest BCUT2D eigenvalue weighted by Gasteiger charge is -2.28. The van der Waals surface area contributed by atoms with Gasteiger partial charge in [-0.05, 0) is 6.07 Å². The summed E-state index contributed by atoms with van der Waals surface area (Å²) in [6.07, 6.45) is -6.72. The van der Waals surface area contributed by atoms with Gasteiger partial charge in [0.2, 0.25) is 0 Å². The van der Waals surface area contributed by atoms with Crippen LogP contribution in [0.25, 0.3) is 0 Å². The van der Waals surface area contributed by atoms with Crippen LogP contribution in [0.2, 0.25) is 0 Å². The maximum atomic E-state index is 15.5. The number of hydrogen-bond donors (Lipinski definition) is 3. The number of aliphatic hydroxyl groups is 2. The van der Waals surface area contributed by atoms with Crippen molar-refractivity contribution in [2.24, 2.45) is 0 Å². The molecule has 0 bridgehead atoms. The monoisotopic (exact) mass is 505 g/mol. The van der Waals surface area contributed by atoms with E-state index in [0.29, 0.717) is 10.1 Å². The fourth-order valence-corrected chi connectivity index (χ4v) is 4.59. The standard InChI is InChI=1S/C18H18FN2O10PS/c1-27-11-4-2-3-9-7-28-32(26,31-13(9)11)29-8-18(19)14(24)12(23)16(30-18)21-5-10(6-22)15(33)20-17(21)25/h2-6,12,14,16,23-24H,7-8H2,1H3,(H,20,25,33)/t12-,14+,16-,18-,32?/m1/s1/i16D. The SMILES string of the molecule is [2H][C@@]1(n2cc(C=O)c(=S)[nH]c2=O)O[C@](F)(COP2(=O)OCc3cccc(OC)c3O2)[C@@H](O)[C@H]1O. The fourth-order valence-electron chi connectivity index (χ4n) is 3.16. The molecule has 2 aliphatic heterocycles. The van der Waals surface area contributed by atoms with Gasteiger partial charge in [0.25, 0.3) is 5.85 Å². The number of nitrogens with zero attached hydrogens (tertiary/aromatic N) is 1. The molecule has 15 heteroatoms. The van der Waals surface area contributed by atoms with Crippen LogP contribution in [-0.2, 0) is 25.0 Å². The molecule has 2 aliphatic rings. The fraction of sp³-hybridized carbons (Fsp3) is 0.389. The molecule has 1 saturated heterocycles. The number of ether oxygens (including phenoxy) is 2. The number of alkyl halides is 1. The number of benzene rings is 1. The van der Waals surface area contributed by atoms with Gasteiger partial charge in [0, 0.05) is 11.8 Å². The number of methoxy groups -OCH3 is 1. The molecule has 0 saturated carbocycles. The summed E-state index contributed by atoms with van der Waals surface area (Å²) in [6.45, 7) is -1.56. The lowest BCUT2D eigenvalue weighted by Crippen LogP contribution is -2.43.